The number of hydrogen-bond acceptors (Lipinski definition) is 3. The second-order valence-electron chi connectivity index (χ2n) is 8.71. The molecule has 5 atom stereocenters. The van der Waals surface area contributed by atoms with Crippen molar-refractivity contribution in [2.75, 3.05) is 19.6 Å². The molecule has 0 bridgehead atoms. The highest BCUT2D eigenvalue weighted by atomic mass is 16.5. The quantitative estimate of drug-likeness (QED) is 0.836. The Morgan fingerprint density at radius 3 is 2.73 bits per heavy atom. The molecule has 4 heterocycles. The molecule has 140 valence electrons. The molecule has 5 unspecified atom stereocenters. The van der Waals surface area contributed by atoms with Crippen LogP contribution in [0.1, 0.15) is 44.1 Å². The first-order valence-electron chi connectivity index (χ1n) is 10.5. The molecule has 0 radical (unpaired) electrons. The summed E-state index contributed by atoms with van der Waals surface area (Å²) in [5.74, 6) is 1.70. The van der Waals surface area contributed by atoms with Crippen LogP contribution in [0.25, 0.3) is 0 Å². The molecule has 1 aromatic carbocycles. The highest BCUT2D eigenvalue weighted by Gasteiger charge is 2.51. The zero-order valence-corrected chi connectivity index (χ0v) is 15.6. The molecule has 4 aliphatic heterocycles. The second-order valence-corrected chi connectivity index (χ2v) is 8.71. The maximum Gasteiger partial charge on any atom is 0.225 e. The van der Waals surface area contributed by atoms with Crippen molar-refractivity contribution in [2.24, 2.45) is 11.8 Å². The van der Waals surface area contributed by atoms with E-state index in [0.29, 0.717) is 36.8 Å². The highest BCUT2D eigenvalue weighted by molar-refractivity contribution is 5.78. The molecule has 4 fully saturated rings. The third kappa shape index (κ3) is 2.97. The van der Waals surface area contributed by atoms with Crippen LogP contribution in [-0.2, 0) is 16.1 Å². The molecule has 5 rings (SSSR count). The number of rotatable bonds is 3. The van der Waals surface area contributed by atoms with Crippen molar-refractivity contribution < 1.29 is 9.53 Å². The lowest BCUT2D eigenvalue weighted by molar-refractivity contribution is -0.161. The topological polar surface area (TPSA) is 32.8 Å². The summed E-state index contributed by atoms with van der Waals surface area (Å²) in [6, 6.07) is 11.5. The van der Waals surface area contributed by atoms with Gasteiger partial charge in [-0.05, 0) is 62.6 Å². The van der Waals surface area contributed by atoms with Crippen LogP contribution in [0.15, 0.2) is 30.3 Å². The Morgan fingerprint density at radius 1 is 1.08 bits per heavy atom. The fourth-order valence-corrected chi connectivity index (χ4v) is 6.16. The van der Waals surface area contributed by atoms with Gasteiger partial charge in [-0.25, -0.2) is 0 Å². The summed E-state index contributed by atoms with van der Waals surface area (Å²) in [6.07, 6.45) is 6.88. The van der Waals surface area contributed by atoms with E-state index < -0.39 is 0 Å². The predicted molar refractivity (Wildman–Crippen MR) is 101 cm³/mol. The molecular weight excluding hydrogens is 324 g/mol. The lowest BCUT2D eigenvalue weighted by Gasteiger charge is -2.59. The molecule has 4 heteroatoms. The van der Waals surface area contributed by atoms with Gasteiger partial charge in [-0.1, -0.05) is 30.3 Å². The zero-order chi connectivity index (χ0) is 17.5. The Morgan fingerprint density at radius 2 is 1.88 bits per heavy atom. The molecule has 0 N–H and O–H groups in total. The Bertz CT molecular complexity index is 647. The first-order valence-corrected chi connectivity index (χ1v) is 10.5. The van der Waals surface area contributed by atoms with Gasteiger partial charge in [0.1, 0.15) is 0 Å². The zero-order valence-electron chi connectivity index (χ0n) is 15.6. The molecule has 4 saturated heterocycles. The van der Waals surface area contributed by atoms with E-state index in [1.54, 1.807) is 0 Å². The van der Waals surface area contributed by atoms with Crippen LogP contribution >= 0.6 is 0 Å². The number of benzene rings is 1. The summed E-state index contributed by atoms with van der Waals surface area (Å²) in [5, 5.41) is 0. The van der Waals surface area contributed by atoms with Crippen LogP contribution in [0, 0.1) is 11.8 Å². The minimum atomic E-state index is 0.0828. The van der Waals surface area contributed by atoms with Crippen LogP contribution in [0.4, 0.5) is 0 Å². The first-order chi connectivity index (χ1) is 12.8. The average molecular weight is 354 g/mol. The van der Waals surface area contributed by atoms with Crippen LogP contribution in [0.5, 0.6) is 0 Å². The SMILES string of the molecule is O=C1CC(OCc2ccccc2)CC2C3CCCN4CCCC(CN12)C34. The molecule has 26 heavy (non-hydrogen) atoms. The van der Waals surface area contributed by atoms with Gasteiger partial charge in [0, 0.05) is 18.6 Å². The van der Waals surface area contributed by atoms with E-state index >= 15 is 0 Å². The summed E-state index contributed by atoms with van der Waals surface area (Å²) in [6.45, 7) is 4.15. The normalized spacial score (nSPS) is 37.2. The Labute approximate surface area is 156 Å². The second kappa shape index (κ2) is 6.97. The van der Waals surface area contributed by atoms with Gasteiger partial charge in [-0.2, -0.15) is 0 Å². The van der Waals surface area contributed by atoms with Crippen molar-refractivity contribution >= 4 is 5.91 Å². The van der Waals surface area contributed by atoms with Gasteiger partial charge < -0.3 is 9.64 Å². The van der Waals surface area contributed by atoms with E-state index in [0.717, 1.165) is 19.0 Å². The third-order valence-corrected chi connectivity index (χ3v) is 7.23. The van der Waals surface area contributed by atoms with E-state index in [-0.39, 0.29) is 6.10 Å². The molecular formula is C22H30N2O2. The number of piperidine rings is 4. The third-order valence-electron chi connectivity index (χ3n) is 7.23. The van der Waals surface area contributed by atoms with Gasteiger partial charge >= 0.3 is 0 Å². The number of carbonyl (C=O) groups is 1. The lowest BCUT2D eigenvalue weighted by atomic mass is 9.68. The van der Waals surface area contributed by atoms with Crippen molar-refractivity contribution in [3.05, 3.63) is 35.9 Å². The number of nitrogens with zero attached hydrogens (tertiary/aromatic N) is 2. The number of fused-ring (bicyclic) bond motifs is 2. The van der Waals surface area contributed by atoms with Gasteiger partial charge in [0.25, 0.3) is 0 Å². The molecule has 0 saturated carbocycles. The Hall–Kier alpha value is -1.39. The Balaban J connectivity index is 1.31. The minimum Gasteiger partial charge on any atom is -0.373 e. The summed E-state index contributed by atoms with van der Waals surface area (Å²) in [4.78, 5) is 17.9. The molecule has 1 aromatic rings. The molecule has 0 spiro atoms. The van der Waals surface area contributed by atoms with Crippen molar-refractivity contribution in [3.63, 3.8) is 0 Å². The van der Waals surface area contributed by atoms with Crippen molar-refractivity contribution in [1.82, 2.24) is 9.80 Å². The fourth-order valence-electron chi connectivity index (χ4n) is 6.16. The van der Waals surface area contributed by atoms with Gasteiger partial charge in [-0.3, -0.25) is 9.69 Å². The first kappa shape index (κ1) is 16.8. The average Bonchev–Trinajstić information content (AvgIpc) is 2.68. The van der Waals surface area contributed by atoms with Gasteiger partial charge in [-0.15, -0.1) is 0 Å². The lowest BCUT2D eigenvalue weighted by Crippen LogP contribution is -2.67. The number of amides is 1. The van der Waals surface area contributed by atoms with Crippen LogP contribution in [0.3, 0.4) is 0 Å². The standard InChI is InChI=1S/C22H30N2O2/c25-21-13-18(26-15-16-6-2-1-3-7-16)12-20-19-9-5-11-23-10-4-8-17(22(19)23)14-24(20)21/h1-3,6-7,17-20,22H,4-5,8-15H2. The van der Waals surface area contributed by atoms with Gasteiger partial charge in [0.05, 0.1) is 19.1 Å². The van der Waals surface area contributed by atoms with E-state index in [1.165, 1.54) is 44.3 Å². The van der Waals surface area contributed by atoms with Crippen molar-refractivity contribution in [3.8, 4) is 0 Å². The highest BCUT2D eigenvalue weighted by Crippen LogP contribution is 2.45. The van der Waals surface area contributed by atoms with E-state index in [4.69, 9.17) is 4.74 Å². The summed E-state index contributed by atoms with van der Waals surface area (Å²) < 4.78 is 6.20. The van der Waals surface area contributed by atoms with Crippen LogP contribution in [-0.4, -0.2) is 53.5 Å². The fraction of sp³-hybridized carbons (Fsp3) is 0.682. The largest absolute Gasteiger partial charge is 0.373 e. The Kier molecular flexibility index (Phi) is 4.49. The van der Waals surface area contributed by atoms with E-state index in [9.17, 15) is 4.79 Å². The molecule has 0 aromatic heterocycles. The van der Waals surface area contributed by atoms with E-state index in [2.05, 4.69) is 21.9 Å². The monoisotopic (exact) mass is 354 g/mol. The molecule has 0 aliphatic carbocycles. The summed E-state index contributed by atoms with van der Waals surface area (Å²) in [7, 11) is 0. The summed E-state index contributed by atoms with van der Waals surface area (Å²) in [5.41, 5.74) is 1.20. The molecule has 4 aliphatic rings. The smallest absolute Gasteiger partial charge is 0.225 e. The van der Waals surface area contributed by atoms with Crippen molar-refractivity contribution in [1.29, 1.82) is 0 Å². The van der Waals surface area contributed by atoms with Crippen LogP contribution < -0.4 is 0 Å². The number of hydrogen-bond donors (Lipinski definition) is 0. The van der Waals surface area contributed by atoms with E-state index in [1.807, 2.05) is 18.2 Å². The number of ether oxygens (including phenoxy) is 1. The maximum absolute atomic E-state index is 12.9. The summed E-state index contributed by atoms with van der Waals surface area (Å²) >= 11 is 0. The van der Waals surface area contributed by atoms with Gasteiger partial charge in [0.15, 0.2) is 0 Å². The van der Waals surface area contributed by atoms with Crippen LogP contribution in [0.2, 0.25) is 0 Å². The predicted octanol–water partition coefficient (Wildman–Crippen LogP) is 3.07. The maximum atomic E-state index is 12.9. The number of carbonyl (C=O) groups excluding carboxylic acids is 1. The minimum absolute atomic E-state index is 0.0828. The van der Waals surface area contributed by atoms with Gasteiger partial charge in [0.2, 0.25) is 5.91 Å². The molecule has 4 nitrogen and oxygen atoms in total. The molecule has 1 amide bonds. The van der Waals surface area contributed by atoms with Crippen molar-refractivity contribution in [2.45, 2.75) is 63.3 Å².